The summed E-state index contributed by atoms with van der Waals surface area (Å²) in [5, 5.41) is 3.25. The zero-order chi connectivity index (χ0) is 18.0. The van der Waals surface area contributed by atoms with E-state index >= 15 is 0 Å². The minimum absolute atomic E-state index is 0.127. The minimum atomic E-state index is -0.127. The monoisotopic (exact) mass is 352 g/mol. The van der Waals surface area contributed by atoms with Crippen LogP contribution in [-0.2, 0) is 11.3 Å². The fourth-order valence-electron chi connectivity index (χ4n) is 2.70. The number of nitrogens with one attached hydrogen (secondary N) is 1. The predicted octanol–water partition coefficient (Wildman–Crippen LogP) is 4.17. The molecule has 3 nitrogen and oxygen atoms in total. The number of hydrogen-bond acceptors (Lipinski definition) is 4. The molecule has 138 valence electrons. The Hall–Kier alpha value is -0.550. The van der Waals surface area contributed by atoms with Gasteiger partial charge in [0, 0.05) is 23.1 Å². The Balaban J connectivity index is 2.22. The lowest BCUT2D eigenvalue weighted by molar-refractivity contribution is 0.136. The van der Waals surface area contributed by atoms with Gasteiger partial charge in [0.15, 0.2) is 0 Å². The quantitative estimate of drug-likeness (QED) is 0.554. The first-order valence-corrected chi connectivity index (χ1v) is 10.2. The molecule has 0 aliphatic rings. The van der Waals surface area contributed by atoms with Crippen LogP contribution in [0.25, 0.3) is 0 Å². The van der Waals surface area contributed by atoms with Crippen LogP contribution < -0.4 is 11.1 Å². The van der Waals surface area contributed by atoms with Crippen LogP contribution in [0.15, 0.2) is 24.3 Å². The van der Waals surface area contributed by atoms with Gasteiger partial charge < -0.3 is 15.8 Å². The molecular formula is C20H36N2OS. The molecule has 1 rings (SSSR count). The van der Waals surface area contributed by atoms with Crippen molar-refractivity contribution in [3.63, 3.8) is 0 Å². The van der Waals surface area contributed by atoms with E-state index in [0.717, 1.165) is 24.5 Å². The predicted molar refractivity (Wildman–Crippen MR) is 108 cm³/mol. The highest BCUT2D eigenvalue weighted by molar-refractivity contribution is 7.99. The largest absolute Gasteiger partial charge is 0.376 e. The van der Waals surface area contributed by atoms with Gasteiger partial charge in [0.2, 0.25) is 0 Å². The van der Waals surface area contributed by atoms with E-state index in [-0.39, 0.29) is 5.54 Å². The summed E-state index contributed by atoms with van der Waals surface area (Å²) in [4.78, 5) is 0. The Labute approximate surface area is 153 Å². The van der Waals surface area contributed by atoms with Crippen molar-refractivity contribution < 1.29 is 4.74 Å². The fourth-order valence-corrected chi connectivity index (χ4v) is 3.66. The van der Waals surface area contributed by atoms with Crippen LogP contribution in [0, 0.1) is 0 Å². The molecule has 4 heteroatoms. The average molecular weight is 353 g/mol. The summed E-state index contributed by atoms with van der Waals surface area (Å²) in [6.45, 7) is 10.3. The maximum atomic E-state index is 6.36. The van der Waals surface area contributed by atoms with E-state index in [1.54, 1.807) is 0 Å². The Kier molecular flexibility index (Phi) is 9.98. The molecule has 0 saturated carbocycles. The number of thioether (sulfide) groups is 1. The highest BCUT2D eigenvalue weighted by Crippen LogP contribution is 2.20. The Morgan fingerprint density at radius 2 is 2.08 bits per heavy atom. The highest BCUT2D eigenvalue weighted by Gasteiger charge is 2.20. The van der Waals surface area contributed by atoms with Crippen LogP contribution >= 0.6 is 11.8 Å². The van der Waals surface area contributed by atoms with E-state index in [0.29, 0.717) is 18.6 Å². The first kappa shape index (κ1) is 21.5. The normalized spacial score (nSPS) is 16.6. The zero-order valence-electron chi connectivity index (χ0n) is 16.1. The smallest absolute Gasteiger partial charge is 0.0717 e. The van der Waals surface area contributed by atoms with Crippen molar-refractivity contribution in [2.75, 3.05) is 25.2 Å². The molecular weight excluding hydrogens is 316 g/mol. The molecule has 1 aromatic rings. The maximum Gasteiger partial charge on any atom is 0.0717 e. The standard InChI is InChI=1S/C20H36N2OS/c1-6-16(2)19-9-7-8-18(12-19)14-23-10-11-24-15-20(4,21)13-17(3)22-5/h7-9,12,16-17,22H,6,10-11,13-15,21H2,1-5H3. The third kappa shape index (κ3) is 8.52. The van der Waals surface area contributed by atoms with E-state index < -0.39 is 0 Å². The van der Waals surface area contributed by atoms with Crippen molar-refractivity contribution >= 4 is 11.8 Å². The molecule has 0 amide bonds. The SMILES string of the molecule is CCC(C)c1cccc(COCCSCC(C)(N)CC(C)NC)c1. The van der Waals surface area contributed by atoms with E-state index in [4.69, 9.17) is 10.5 Å². The average Bonchev–Trinajstić information content (AvgIpc) is 2.56. The van der Waals surface area contributed by atoms with Gasteiger partial charge >= 0.3 is 0 Å². The molecule has 0 radical (unpaired) electrons. The first-order chi connectivity index (χ1) is 11.4. The highest BCUT2D eigenvalue weighted by atomic mass is 32.2. The number of benzene rings is 1. The van der Waals surface area contributed by atoms with Gasteiger partial charge in [-0.2, -0.15) is 11.8 Å². The second-order valence-electron chi connectivity index (χ2n) is 7.21. The van der Waals surface area contributed by atoms with Crippen molar-refractivity contribution in [2.45, 2.75) is 64.6 Å². The Bertz CT molecular complexity index is 465. The molecule has 0 aliphatic carbocycles. The summed E-state index contributed by atoms with van der Waals surface area (Å²) in [6.07, 6.45) is 2.16. The van der Waals surface area contributed by atoms with Crippen molar-refractivity contribution in [3.8, 4) is 0 Å². The van der Waals surface area contributed by atoms with E-state index in [9.17, 15) is 0 Å². The lowest BCUT2D eigenvalue weighted by Gasteiger charge is -2.27. The number of rotatable bonds is 12. The van der Waals surface area contributed by atoms with Gasteiger partial charge in [0.25, 0.3) is 0 Å². The topological polar surface area (TPSA) is 47.3 Å². The zero-order valence-corrected chi connectivity index (χ0v) is 16.9. The van der Waals surface area contributed by atoms with Crippen LogP contribution in [0.3, 0.4) is 0 Å². The maximum absolute atomic E-state index is 6.36. The van der Waals surface area contributed by atoms with Crippen molar-refractivity contribution in [1.82, 2.24) is 5.32 Å². The van der Waals surface area contributed by atoms with Gasteiger partial charge in [0.05, 0.1) is 13.2 Å². The third-order valence-corrected chi connectivity index (χ3v) is 5.79. The summed E-state index contributed by atoms with van der Waals surface area (Å²) in [5.74, 6) is 2.57. The Morgan fingerprint density at radius 1 is 1.33 bits per heavy atom. The second-order valence-corrected chi connectivity index (χ2v) is 8.31. The number of hydrogen-bond donors (Lipinski definition) is 2. The summed E-state index contributed by atoms with van der Waals surface area (Å²) in [7, 11) is 1.98. The first-order valence-electron chi connectivity index (χ1n) is 9.08. The van der Waals surface area contributed by atoms with Crippen LogP contribution in [0.4, 0.5) is 0 Å². The lowest BCUT2D eigenvalue weighted by Crippen LogP contribution is -2.44. The van der Waals surface area contributed by atoms with Gasteiger partial charge in [-0.1, -0.05) is 38.1 Å². The van der Waals surface area contributed by atoms with Crippen LogP contribution in [0.1, 0.15) is 57.6 Å². The molecule has 0 aromatic heterocycles. The lowest BCUT2D eigenvalue weighted by atomic mass is 9.97. The molecule has 3 atom stereocenters. The summed E-state index contributed by atoms with van der Waals surface area (Å²) >= 11 is 1.88. The van der Waals surface area contributed by atoms with Gasteiger partial charge in [-0.25, -0.2) is 0 Å². The van der Waals surface area contributed by atoms with E-state index in [1.807, 2.05) is 18.8 Å². The number of ether oxygens (including phenoxy) is 1. The van der Waals surface area contributed by atoms with E-state index in [1.165, 1.54) is 17.5 Å². The molecule has 0 fully saturated rings. The minimum Gasteiger partial charge on any atom is -0.376 e. The van der Waals surface area contributed by atoms with Crippen molar-refractivity contribution in [1.29, 1.82) is 0 Å². The van der Waals surface area contributed by atoms with Crippen LogP contribution in [-0.4, -0.2) is 36.7 Å². The molecule has 0 spiro atoms. The summed E-state index contributed by atoms with van der Waals surface area (Å²) in [5.41, 5.74) is 8.90. The molecule has 0 saturated heterocycles. The van der Waals surface area contributed by atoms with Crippen LogP contribution in [0.2, 0.25) is 0 Å². The van der Waals surface area contributed by atoms with Crippen molar-refractivity contribution in [3.05, 3.63) is 35.4 Å². The molecule has 0 bridgehead atoms. The molecule has 24 heavy (non-hydrogen) atoms. The third-order valence-electron chi connectivity index (χ3n) is 4.47. The summed E-state index contributed by atoms with van der Waals surface area (Å²) in [6, 6.07) is 9.22. The van der Waals surface area contributed by atoms with Gasteiger partial charge in [-0.3, -0.25) is 0 Å². The Morgan fingerprint density at radius 3 is 2.75 bits per heavy atom. The fraction of sp³-hybridized carbons (Fsp3) is 0.700. The summed E-state index contributed by atoms with van der Waals surface area (Å²) < 4.78 is 5.83. The van der Waals surface area contributed by atoms with Gasteiger partial charge in [-0.05, 0) is 50.8 Å². The molecule has 3 N–H and O–H groups in total. The van der Waals surface area contributed by atoms with E-state index in [2.05, 4.69) is 57.3 Å². The van der Waals surface area contributed by atoms with Gasteiger partial charge in [0.1, 0.15) is 0 Å². The van der Waals surface area contributed by atoms with Crippen molar-refractivity contribution in [2.24, 2.45) is 5.73 Å². The number of nitrogens with two attached hydrogens (primary N) is 1. The van der Waals surface area contributed by atoms with Crippen LogP contribution in [0.5, 0.6) is 0 Å². The molecule has 0 heterocycles. The molecule has 1 aromatic carbocycles. The second kappa shape index (κ2) is 11.1. The molecule has 3 unspecified atom stereocenters. The van der Waals surface area contributed by atoms with Gasteiger partial charge in [-0.15, -0.1) is 0 Å². The molecule has 0 aliphatic heterocycles.